The average molecular weight is 670 g/mol. The second kappa shape index (κ2) is 12.4. The Bertz CT molecular complexity index is 2020. The predicted molar refractivity (Wildman–Crippen MR) is 179 cm³/mol. The fourth-order valence-corrected chi connectivity index (χ4v) is 5.56. The number of aliphatic imine (C=N–C) groups is 1. The van der Waals surface area contributed by atoms with Gasteiger partial charge in [-0.05, 0) is 96.1 Å². The molecule has 1 aromatic heterocycles. The van der Waals surface area contributed by atoms with Crippen molar-refractivity contribution in [2.24, 2.45) is 4.99 Å². The van der Waals surface area contributed by atoms with Gasteiger partial charge in [-0.25, -0.2) is 4.98 Å². The third-order valence-electron chi connectivity index (χ3n) is 6.85. The van der Waals surface area contributed by atoms with E-state index in [0.29, 0.717) is 50.3 Å². The van der Waals surface area contributed by atoms with Gasteiger partial charge in [-0.15, -0.1) is 0 Å². The van der Waals surface area contributed by atoms with E-state index in [1.54, 1.807) is 59.3 Å². The van der Waals surface area contributed by atoms with E-state index in [1.807, 2.05) is 60.7 Å². The molecular weight excluding hydrogens is 647 g/mol. The molecule has 0 spiro atoms. The van der Waals surface area contributed by atoms with E-state index in [9.17, 15) is 9.90 Å². The minimum Gasteiger partial charge on any atom is -0.508 e. The van der Waals surface area contributed by atoms with E-state index < -0.39 is 0 Å². The lowest BCUT2D eigenvalue weighted by Gasteiger charge is -2.17. The predicted octanol–water partition coefficient (Wildman–Crippen LogP) is 9.25. The summed E-state index contributed by atoms with van der Waals surface area (Å²) in [4.78, 5) is 23.5. The van der Waals surface area contributed by atoms with Gasteiger partial charge in [0.1, 0.15) is 11.6 Å². The summed E-state index contributed by atoms with van der Waals surface area (Å²) in [5, 5.41) is 14.4. The van der Waals surface area contributed by atoms with Gasteiger partial charge in [0.05, 0.1) is 38.0 Å². The number of aromatic nitrogens is 2. The first-order valence-electron chi connectivity index (χ1n) is 13.3. The maximum absolute atomic E-state index is 14.0. The Morgan fingerprint density at radius 3 is 2.35 bits per heavy atom. The molecule has 0 bridgehead atoms. The molecule has 0 atom stereocenters. The number of nitrogens with zero attached hydrogens (tertiary/aromatic N) is 3. The van der Waals surface area contributed by atoms with Gasteiger partial charge in [0.2, 0.25) is 0 Å². The molecule has 0 aliphatic carbocycles. The van der Waals surface area contributed by atoms with E-state index >= 15 is 0 Å². The Labute approximate surface area is 266 Å². The Morgan fingerprint density at radius 2 is 1.60 bits per heavy atom. The van der Waals surface area contributed by atoms with E-state index in [0.717, 1.165) is 21.3 Å². The topological polar surface area (TPSA) is 79.5 Å². The van der Waals surface area contributed by atoms with Gasteiger partial charge in [-0.1, -0.05) is 63.4 Å². The molecule has 6 aromatic rings. The Hall–Kier alpha value is -4.43. The first-order chi connectivity index (χ1) is 20.9. The highest BCUT2D eigenvalue weighted by Gasteiger charge is 2.16. The quantitative estimate of drug-likeness (QED) is 0.166. The van der Waals surface area contributed by atoms with Crippen LogP contribution >= 0.6 is 39.1 Å². The third-order valence-corrected chi connectivity index (χ3v) is 7.97. The van der Waals surface area contributed by atoms with Gasteiger partial charge in [-0.2, -0.15) is 0 Å². The van der Waals surface area contributed by atoms with Crippen molar-refractivity contribution in [3.8, 4) is 11.4 Å². The maximum atomic E-state index is 14.0. The van der Waals surface area contributed by atoms with Crippen LogP contribution in [0.2, 0.25) is 10.0 Å². The monoisotopic (exact) mass is 668 g/mol. The Balaban J connectivity index is 1.41. The summed E-state index contributed by atoms with van der Waals surface area (Å²) >= 11 is 16.4. The van der Waals surface area contributed by atoms with Gasteiger partial charge < -0.3 is 10.4 Å². The van der Waals surface area contributed by atoms with E-state index in [1.165, 1.54) is 0 Å². The van der Waals surface area contributed by atoms with Gasteiger partial charge in [0.25, 0.3) is 5.56 Å². The minimum absolute atomic E-state index is 0.179. The number of hydrogen-bond donors (Lipinski definition) is 2. The van der Waals surface area contributed by atoms with Crippen LogP contribution in [0.1, 0.15) is 17.0 Å². The lowest BCUT2D eigenvalue weighted by atomic mass is 10.1. The number of anilines is 2. The van der Waals surface area contributed by atoms with Gasteiger partial charge in [-0.3, -0.25) is 14.4 Å². The number of fused-ring (bicyclic) bond motifs is 1. The average Bonchev–Trinajstić information content (AvgIpc) is 3.01. The molecule has 6 nitrogen and oxygen atoms in total. The van der Waals surface area contributed by atoms with Crippen LogP contribution in [0.5, 0.6) is 5.75 Å². The maximum Gasteiger partial charge on any atom is 0.266 e. The number of nitrogens with one attached hydrogen (secondary N) is 1. The molecule has 5 aromatic carbocycles. The normalized spacial score (nSPS) is 11.3. The molecular formula is C34H23BrCl2N4O2. The SMILES string of the molecule is O=c1c2cc(Br)ccc2nc(Cc2ccccc2Nc2c(Cl)cccc2Cl)n1-c1ccc(N=Cc2ccc(O)cc2)cc1. The molecule has 0 saturated heterocycles. The third kappa shape index (κ3) is 6.34. The van der Waals surface area contributed by atoms with Crippen LogP contribution < -0.4 is 10.9 Å². The second-order valence-corrected chi connectivity index (χ2v) is 11.5. The lowest BCUT2D eigenvalue weighted by Crippen LogP contribution is -2.24. The molecule has 9 heteroatoms. The van der Waals surface area contributed by atoms with Crippen molar-refractivity contribution in [3.63, 3.8) is 0 Å². The first kappa shape index (κ1) is 28.7. The number of halogens is 3. The molecule has 2 N–H and O–H groups in total. The lowest BCUT2D eigenvalue weighted by molar-refractivity contribution is 0.475. The summed E-state index contributed by atoms with van der Waals surface area (Å²) in [7, 11) is 0. The number of phenolic OH excluding ortho intramolecular Hbond substituents is 1. The fourth-order valence-electron chi connectivity index (χ4n) is 4.70. The van der Waals surface area contributed by atoms with Crippen molar-refractivity contribution in [1.29, 1.82) is 0 Å². The molecule has 1 heterocycles. The highest BCUT2D eigenvalue weighted by atomic mass is 79.9. The second-order valence-electron chi connectivity index (χ2n) is 9.75. The zero-order chi connectivity index (χ0) is 29.9. The van der Waals surface area contributed by atoms with Crippen LogP contribution in [0.3, 0.4) is 0 Å². The molecule has 0 radical (unpaired) electrons. The zero-order valence-electron chi connectivity index (χ0n) is 22.5. The molecule has 0 aliphatic rings. The van der Waals surface area contributed by atoms with Crippen LogP contribution in [0.25, 0.3) is 16.6 Å². The largest absolute Gasteiger partial charge is 0.508 e. The molecule has 0 aliphatic heterocycles. The highest BCUT2D eigenvalue weighted by Crippen LogP contribution is 2.34. The van der Waals surface area contributed by atoms with E-state index in [4.69, 9.17) is 28.2 Å². The fraction of sp³-hybridized carbons (Fsp3) is 0.0294. The molecule has 0 fully saturated rings. The summed E-state index contributed by atoms with van der Waals surface area (Å²) in [5.74, 6) is 0.768. The summed E-state index contributed by atoms with van der Waals surface area (Å²) in [6.45, 7) is 0. The van der Waals surface area contributed by atoms with E-state index in [-0.39, 0.29) is 11.3 Å². The minimum atomic E-state index is -0.179. The standard InChI is InChI=1S/C34H23BrCl2N4O2/c35-23-10-17-31-27(19-23)34(43)41(25-13-11-24(12-14-25)38-20-21-8-15-26(42)16-9-21)32(39-31)18-22-4-1-2-7-30(22)40-33-28(36)5-3-6-29(33)37/h1-17,19-20,40,42H,18H2. The molecule has 0 saturated carbocycles. The van der Waals surface area contributed by atoms with Crippen LogP contribution in [-0.4, -0.2) is 20.9 Å². The highest BCUT2D eigenvalue weighted by molar-refractivity contribution is 9.10. The number of hydrogen-bond acceptors (Lipinski definition) is 5. The summed E-state index contributed by atoms with van der Waals surface area (Å²) in [5.41, 5.74) is 4.98. The van der Waals surface area contributed by atoms with Crippen molar-refractivity contribution in [3.05, 3.63) is 151 Å². The van der Waals surface area contributed by atoms with Crippen molar-refractivity contribution >= 4 is 73.3 Å². The number of para-hydroxylation sites is 2. The number of aromatic hydroxyl groups is 1. The molecule has 6 rings (SSSR count). The van der Waals surface area contributed by atoms with Gasteiger partial charge in [0.15, 0.2) is 0 Å². The summed E-state index contributed by atoms with van der Waals surface area (Å²) < 4.78 is 2.44. The molecule has 212 valence electrons. The Kier molecular flexibility index (Phi) is 8.29. The van der Waals surface area contributed by atoms with Crippen molar-refractivity contribution in [1.82, 2.24) is 9.55 Å². The van der Waals surface area contributed by atoms with Crippen LogP contribution in [-0.2, 0) is 6.42 Å². The van der Waals surface area contributed by atoms with Crippen LogP contribution in [0.4, 0.5) is 17.1 Å². The van der Waals surface area contributed by atoms with Gasteiger partial charge >= 0.3 is 0 Å². The van der Waals surface area contributed by atoms with Crippen molar-refractivity contribution < 1.29 is 5.11 Å². The summed E-state index contributed by atoms with van der Waals surface area (Å²) in [6.07, 6.45) is 2.07. The molecule has 0 unspecified atom stereocenters. The van der Waals surface area contributed by atoms with Crippen LogP contribution in [0, 0.1) is 0 Å². The van der Waals surface area contributed by atoms with Crippen molar-refractivity contribution in [2.75, 3.05) is 5.32 Å². The zero-order valence-corrected chi connectivity index (χ0v) is 25.6. The van der Waals surface area contributed by atoms with Crippen LogP contribution in [0.15, 0.2) is 123 Å². The first-order valence-corrected chi connectivity index (χ1v) is 14.8. The molecule has 43 heavy (non-hydrogen) atoms. The molecule has 0 amide bonds. The van der Waals surface area contributed by atoms with E-state index in [2.05, 4.69) is 26.2 Å². The number of benzene rings is 5. The number of rotatable bonds is 7. The smallest absolute Gasteiger partial charge is 0.266 e. The van der Waals surface area contributed by atoms with Gasteiger partial charge in [0, 0.05) is 22.8 Å². The van der Waals surface area contributed by atoms with Crippen molar-refractivity contribution in [2.45, 2.75) is 6.42 Å². The summed E-state index contributed by atoms with van der Waals surface area (Å²) in [6, 6.07) is 32.8. The Morgan fingerprint density at radius 1 is 0.884 bits per heavy atom. The number of phenols is 1.